The lowest BCUT2D eigenvalue weighted by Crippen LogP contribution is -1.96. The monoisotopic (exact) mass is 192 g/mol. The van der Waals surface area contributed by atoms with Crippen LogP contribution in [0.5, 0.6) is 5.75 Å². The van der Waals surface area contributed by atoms with Gasteiger partial charge < -0.3 is 10.2 Å². The second kappa shape index (κ2) is 4.23. The first-order valence-electron chi connectivity index (χ1n) is 3.84. The topological polar surface area (TPSA) is 74.6 Å². The van der Waals surface area contributed by atoms with Gasteiger partial charge in [-0.2, -0.15) is 0 Å². The molecule has 0 aromatic heterocycles. The van der Waals surface area contributed by atoms with Gasteiger partial charge in [-0.05, 0) is 18.2 Å². The van der Waals surface area contributed by atoms with E-state index in [2.05, 4.69) is 0 Å². The Balaban J connectivity index is 2.91. The number of rotatable bonds is 3. The minimum atomic E-state index is -1.20. The van der Waals surface area contributed by atoms with Crippen LogP contribution in [0.1, 0.15) is 10.4 Å². The Hall–Kier alpha value is -2.10. The van der Waals surface area contributed by atoms with Crippen LogP contribution < -0.4 is 0 Å². The van der Waals surface area contributed by atoms with Crippen LogP contribution in [-0.4, -0.2) is 22.0 Å². The second-order valence-electron chi connectivity index (χ2n) is 2.55. The SMILES string of the molecule is O=C(O)/C=C/C(=O)c1ccccc1O. The number of benzene rings is 1. The molecule has 0 aliphatic heterocycles. The number of phenolic OH excluding ortho intramolecular Hbond substituents is 1. The zero-order valence-electron chi connectivity index (χ0n) is 7.18. The van der Waals surface area contributed by atoms with Crippen molar-refractivity contribution in [1.82, 2.24) is 0 Å². The van der Waals surface area contributed by atoms with Gasteiger partial charge in [0, 0.05) is 6.08 Å². The van der Waals surface area contributed by atoms with Crippen LogP contribution >= 0.6 is 0 Å². The quantitative estimate of drug-likeness (QED) is 0.557. The van der Waals surface area contributed by atoms with E-state index in [-0.39, 0.29) is 11.3 Å². The summed E-state index contributed by atoms with van der Waals surface area (Å²) < 4.78 is 0. The lowest BCUT2D eigenvalue weighted by atomic mass is 10.1. The molecule has 4 heteroatoms. The fourth-order valence-corrected chi connectivity index (χ4v) is 0.919. The van der Waals surface area contributed by atoms with Gasteiger partial charge in [-0.3, -0.25) is 4.79 Å². The van der Waals surface area contributed by atoms with E-state index in [1.165, 1.54) is 12.1 Å². The summed E-state index contributed by atoms with van der Waals surface area (Å²) in [6.45, 7) is 0. The maximum absolute atomic E-state index is 11.3. The molecule has 1 rings (SSSR count). The van der Waals surface area contributed by atoms with Crippen molar-refractivity contribution in [2.75, 3.05) is 0 Å². The molecule has 0 aliphatic rings. The number of hydrogen-bond acceptors (Lipinski definition) is 3. The fourth-order valence-electron chi connectivity index (χ4n) is 0.919. The number of carboxylic acid groups (broad SMARTS) is 1. The van der Waals surface area contributed by atoms with Crippen LogP contribution in [0.15, 0.2) is 36.4 Å². The number of para-hydroxylation sites is 1. The van der Waals surface area contributed by atoms with Crippen molar-refractivity contribution in [2.24, 2.45) is 0 Å². The summed E-state index contributed by atoms with van der Waals surface area (Å²) in [6, 6.07) is 5.94. The molecule has 72 valence electrons. The lowest BCUT2D eigenvalue weighted by Gasteiger charge is -1.97. The molecular formula is C10H8O4. The number of hydrogen-bond donors (Lipinski definition) is 2. The van der Waals surface area contributed by atoms with E-state index in [4.69, 9.17) is 5.11 Å². The van der Waals surface area contributed by atoms with Crippen LogP contribution in [0.4, 0.5) is 0 Å². The number of carboxylic acids is 1. The first kappa shape index (κ1) is 9.98. The third-order valence-corrected chi connectivity index (χ3v) is 1.55. The highest BCUT2D eigenvalue weighted by Crippen LogP contribution is 2.16. The Morgan fingerprint density at radius 3 is 2.36 bits per heavy atom. The van der Waals surface area contributed by atoms with E-state index in [9.17, 15) is 14.7 Å². The molecule has 0 saturated carbocycles. The Labute approximate surface area is 80.1 Å². The first-order chi connectivity index (χ1) is 6.61. The summed E-state index contributed by atoms with van der Waals surface area (Å²) in [7, 11) is 0. The minimum Gasteiger partial charge on any atom is -0.507 e. The molecule has 14 heavy (non-hydrogen) atoms. The van der Waals surface area contributed by atoms with Gasteiger partial charge >= 0.3 is 5.97 Å². The van der Waals surface area contributed by atoms with Crippen LogP contribution in [-0.2, 0) is 4.79 Å². The zero-order valence-corrected chi connectivity index (χ0v) is 7.18. The largest absolute Gasteiger partial charge is 0.507 e. The van der Waals surface area contributed by atoms with Crippen molar-refractivity contribution < 1.29 is 19.8 Å². The summed E-state index contributed by atoms with van der Waals surface area (Å²) in [5, 5.41) is 17.5. The predicted octanol–water partition coefficient (Wildman–Crippen LogP) is 1.22. The lowest BCUT2D eigenvalue weighted by molar-refractivity contribution is -0.131. The number of carbonyl (C=O) groups excluding carboxylic acids is 1. The molecule has 0 heterocycles. The van der Waals surface area contributed by atoms with Crippen molar-refractivity contribution in [2.45, 2.75) is 0 Å². The van der Waals surface area contributed by atoms with Crippen molar-refractivity contribution in [3.05, 3.63) is 42.0 Å². The van der Waals surface area contributed by atoms with E-state index in [0.717, 1.165) is 12.2 Å². The summed E-state index contributed by atoms with van der Waals surface area (Å²) >= 11 is 0. The number of aliphatic carboxylic acids is 1. The molecule has 0 bridgehead atoms. The van der Waals surface area contributed by atoms with Gasteiger partial charge in [0.15, 0.2) is 5.78 Å². The van der Waals surface area contributed by atoms with Crippen molar-refractivity contribution in [3.8, 4) is 5.75 Å². The Kier molecular flexibility index (Phi) is 3.01. The van der Waals surface area contributed by atoms with Crippen LogP contribution in [0.2, 0.25) is 0 Å². The maximum Gasteiger partial charge on any atom is 0.328 e. The molecule has 2 N–H and O–H groups in total. The highest BCUT2D eigenvalue weighted by atomic mass is 16.4. The van der Waals surface area contributed by atoms with Gasteiger partial charge in [0.05, 0.1) is 5.56 Å². The predicted molar refractivity (Wildman–Crippen MR) is 49.2 cm³/mol. The second-order valence-corrected chi connectivity index (χ2v) is 2.55. The summed E-state index contributed by atoms with van der Waals surface area (Å²) in [4.78, 5) is 21.4. The summed E-state index contributed by atoms with van der Waals surface area (Å²) in [6.07, 6.45) is 1.63. The van der Waals surface area contributed by atoms with Crippen LogP contribution in [0.3, 0.4) is 0 Å². The molecule has 0 saturated heterocycles. The van der Waals surface area contributed by atoms with Crippen LogP contribution in [0.25, 0.3) is 0 Å². The molecule has 0 atom stereocenters. The Morgan fingerprint density at radius 1 is 1.14 bits per heavy atom. The number of ketones is 1. The van der Waals surface area contributed by atoms with Gasteiger partial charge in [-0.25, -0.2) is 4.79 Å². The van der Waals surface area contributed by atoms with E-state index >= 15 is 0 Å². The minimum absolute atomic E-state index is 0.0880. The van der Waals surface area contributed by atoms with Gasteiger partial charge in [-0.15, -0.1) is 0 Å². The molecule has 0 unspecified atom stereocenters. The molecule has 0 radical (unpaired) electrons. The van der Waals surface area contributed by atoms with Gasteiger partial charge in [0.25, 0.3) is 0 Å². The molecule has 0 aliphatic carbocycles. The first-order valence-corrected chi connectivity index (χ1v) is 3.84. The highest BCUT2D eigenvalue weighted by molar-refractivity contribution is 6.08. The third kappa shape index (κ3) is 2.45. The van der Waals surface area contributed by atoms with E-state index < -0.39 is 11.8 Å². The molecular weight excluding hydrogens is 184 g/mol. The van der Waals surface area contributed by atoms with Crippen molar-refractivity contribution >= 4 is 11.8 Å². The molecule has 0 fully saturated rings. The highest BCUT2D eigenvalue weighted by Gasteiger charge is 2.06. The number of carbonyl (C=O) groups is 2. The normalized spacial score (nSPS) is 10.3. The Morgan fingerprint density at radius 2 is 1.79 bits per heavy atom. The summed E-state index contributed by atoms with van der Waals surface area (Å²) in [5.41, 5.74) is 0.0880. The van der Waals surface area contributed by atoms with Gasteiger partial charge in [0.1, 0.15) is 5.75 Å². The van der Waals surface area contributed by atoms with E-state index in [1.54, 1.807) is 12.1 Å². The van der Waals surface area contributed by atoms with Crippen molar-refractivity contribution in [3.63, 3.8) is 0 Å². The number of allylic oxidation sites excluding steroid dienone is 1. The van der Waals surface area contributed by atoms with E-state index in [1.807, 2.05) is 0 Å². The smallest absolute Gasteiger partial charge is 0.328 e. The maximum atomic E-state index is 11.3. The zero-order chi connectivity index (χ0) is 10.6. The molecule has 0 amide bonds. The number of phenols is 1. The third-order valence-electron chi connectivity index (χ3n) is 1.55. The Bertz CT molecular complexity index is 393. The molecule has 4 nitrogen and oxygen atoms in total. The average Bonchev–Trinajstić information content (AvgIpc) is 2.15. The molecule has 1 aromatic carbocycles. The molecule has 0 spiro atoms. The van der Waals surface area contributed by atoms with Crippen LogP contribution in [0, 0.1) is 0 Å². The molecule has 1 aromatic rings. The van der Waals surface area contributed by atoms with Crippen molar-refractivity contribution in [1.29, 1.82) is 0 Å². The standard InChI is InChI=1S/C10H8O4/c11-8-4-2-1-3-7(8)9(12)5-6-10(13)14/h1-6,11H,(H,13,14)/b6-5+. The van der Waals surface area contributed by atoms with Gasteiger partial charge in [-0.1, -0.05) is 12.1 Å². The fraction of sp³-hybridized carbons (Fsp3) is 0. The van der Waals surface area contributed by atoms with E-state index in [0.29, 0.717) is 0 Å². The number of aromatic hydroxyl groups is 1. The average molecular weight is 192 g/mol. The summed E-state index contributed by atoms with van der Waals surface area (Å²) in [5.74, 6) is -1.90. The van der Waals surface area contributed by atoms with Gasteiger partial charge in [0.2, 0.25) is 0 Å².